The average molecular weight is 393 g/mol. The number of nitriles is 2. The molecular weight excluding hydrogens is 380 g/mol. The second-order valence-corrected chi connectivity index (χ2v) is 5.18. The summed E-state index contributed by atoms with van der Waals surface area (Å²) in [6.07, 6.45) is 0. The Kier molecular flexibility index (Phi) is 6.33. The smallest absolute Gasteiger partial charge is 0.154 e. The maximum Gasteiger partial charge on any atom is 0.154 e. The van der Waals surface area contributed by atoms with E-state index in [1.807, 2.05) is 0 Å². The van der Waals surface area contributed by atoms with E-state index in [1.54, 1.807) is 66.7 Å². The zero-order valence-electron chi connectivity index (χ0n) is 13.8. The van der Waals surface area contributed by atoms with Crippen LogP contribution < -0.4 is 15.2 Å². The molecule has 6 heteroatoms. The second-order valence-electron chi connectivity index (χ2n) is 5.18. The minimum atomic E-state index is 0. The van der Waals surface area contributed by atoms with Gasteiger partial charge in [-0.15, -0.1) is 0 Å². The van der Waals surface area contributed by atoms with Crippen molar-refractivity contribution in [3.63, 3.8) is 0 Å². The Labute approximate surface area is 164 Å². The normalized spacial score (nSPS) is 9.31. The zero-order valence-corrected chi connectivity index (χ0v) is 16.8. The van der Waals surface area contributed by atoms with E-state index in [-0.39, 0.29) is 19.5 Å². The topological polar surface area (TPSA) is 92.1 Å². The molecule has 5 nitrogen and oxygen atoms in total. The molecule has 3 aromatic carbocycles. The summed E-state index contributed by atoms with van der Waals surface area (Å²) in [5, 5.41) is 17.6. The number of anilines is 1. The number of rotatable bonds is 4. The van der Waals surface area contributed by atoms with Gasteiger partial charge in [0.2, 0.25) is 0 Å². The monoisotopic (exact) mass is 391 g/mol. The van der Waals surface area contributed by atoms with E-state index in [1.165, 1.54) is 0 Å². The minimum Gasteiger partial charge on any atom is -0.457 e. The Morgan fingerprint density at radius 1 is 0.654 bits per heavy atom. The predicted molar refractivity (Wildman–Crippen MR) is 93.3 cm³/mol. The Morgan fingerprint density at radius 3 is 1.62 bits per heavy atom. The summed E-state index contributed by atoms with van der Waals surface area (Å²) >= 11 is 0. The molecule has 0 saturated carbocycles. The molecule has 0 aromatic heterocycles. The molecule has 122 valence electrons. The van der Waals surface area contributed by atoms with E-state index in [0.717, 1.165) is 0 Å². The number of nitrogens with two attached hydrogens (primary N) is 1. The van der Waals surface area contributed by atoms with Crippen LogP contribution in [0.25, 0.3) is 0 Å². The van der Waals surface area contributed by atoms with Gasteiger partial charge in [-0.25, -0.2) is 0 Å². The number of nitrogens with zero attached hydrogens (tertiary/aromatic N) is 2. The van der Waals surface area contributed by atoms with Crippen molar-refractivity contribution in [2.45, 2.75) is 0 Å². The van der Waals surface area contributed by atoms with Gasteiger partial charge in [-0.3, -0.25) is 0 Å². The van der Waals surface area contributed by atoms with E-state index in [9.17, 15) is 0 Å². The molecule has 0 unspecified atom stereocenters. The van der Waals surface area contributed by atoms with Crippen LogP contribution in [0.1, 0.15) is 11.1 Å². The molecule has 3 rings (SSSR count). The van der Waals surface area contributed by atoms with Crippen molar-refractivity contribution in [3.05, 3.63) is 77.9 Å². The maximum atomic E-state index is 8.83. The Hall–Kier alpha value is -3.34. The molecular formula is C20H13N3O2Zn. The van der Waals surface area contributed by atoms with Gasteiger partial charge >= 0.3 is 0 Å². The quantitative estimate of drug-likeness (QED) is 0.517. The van der Waals surface area contributed by atoms with E-state index < -0.39 is 0 Å². The van der Waals surface area contributed by atoms with Gasteiger partial charge < -0.3 is 15.2 Å². The van der Waals surface area contributed by atoms with Crippen LogP contribution in [0.2, 0.25) is 0 Å². The van der Waals surface area contributed by atoms with E-state index in [0.29, 0.717) is 39.8 Å². The van der Waals surface area contributed by atoms with Crippen molar-refractivity contribution < 1.29 is 29.0 Å². The summed E-state index contributed by atoms with van der Waals surface area (Å²) in [6, 6.07) is 22.8. The summed E-state index contributed by atoms with van der Waals surface area (Å²) in [5.74, 6) is 2.19. The molecule has 2 N–H and O–H groups in total. The third-order valence-corrected chi connectivity index (χ3v) is 3.42. The number of hydrogen-bond donors (Lipinski definition) is 1. The van der Waals surface area contributed by atoms with Crippen LogP contribution in [0, 0.1) is 22.7 Å². The van der Waals surface area contributed by atoms with Gasteiger partial charge in [0.05, 0.1) is 29.0 Å². The molecule has 0 spiro atoms. The largest absolute Gasteiger partial charge is 0.457 e. The van der Waals surface area contributed by atoms with Gasteiger partial charge in [0, 0.05) is 25.5 Å². The fourth-order valence-electron chi connectivity index (χ4n) is 2.12. The van der Waals surface area contributed by atoms with Crippen LogP contribution in [-0.2, 0) is 19.5 Å². The third-order valence-electron chi connectivity index (χ3n) is 3.42. The zero-order chi connectivity index (χ0) is 17.6. The summed E-state index contributed by atoms with van der Waals surface area (Å²) in [4.78, 5) is 0. The molecule has 3 aromatic rings. The fraction of sp³-hybridized carbons (Fsp3) is 0. The summed E-state index contributed by atoms with van der Waals surface area (Å²) in [6.45, 7) is 0. The van der Waals surface area contributed by atoms with E-state index in [2.05, 4.69) is 12.1 Å². The van der Waals surface area contributed by atoms with Crippen molar-refractivity contribution in [1.82, 2.24) is 0 Å². The number of ether oxygens (including phenoxy) is 2. The molecule has 0 radical (unpaired) electrons. The predicted octanol–water partition coefficient (Wildman–Crippen LogP) is 4.59. The van der Waals surface area contributed by atoms with Crippen LogP contribution >= 0.6 is 0 Å². The maximum absolute atomic E-state index is 8.83. The summed E-state index contributed by atoms with van der Waals surface area (Å²) in [7, 11) is 0. The van der Waals surface area contributed by atoms with Gasteiger partial charge in [-0.05, 0) is 60.7 Å². The Balaban J connectivity index is 0.00000243. The SMILES string of the molecule is N#Cc1ccc(Oc2ccc(N)c(Oc3ccc(C#N)cc3)c2)cc1.[Zn]. The molecule has 0 aliphatic carbocycles. The van der Waals surface area contributed by atoms with Crippen LogP contribution in [0.4, 0.5) is 5.69 Å². The molecule has 0 bridgehead atoms. The van der Waals surface area contributed by atoms with Crippen LogP contribution in [0.5, 0.6) is 23.0 Å². The summed E-state index contributed by atoms with van der Waals surface area (Å²) in [5.41, 5.74) is 7.54. The fourth-order valence-corrected chi connectivity index (χ4v) is 2.12. The van der Waals surface area contributed by atoms with Crippen molar-refractivity contribution >= 4 is 5.69 Å². The molecule has 0 aliphatic rings. The first-order valence-corrected chi connectivity index (χ1v) is 7.43. The first kappa shape index (κ1) is 19.0. The van der Waals surface area contributed by atoms with Gasteiger partial charge in [-0.2, -0.15) is 10.5 Å². The Bertz CT molecular complexity index is 972. The van der Waals surface area contributed by atoms with Crippen molar-refractivity contribution in [3.8, 4) is 35.1 Å². The number of hydrogen-bond acceptors (Lipinski definition) is 5. The van der Waals surface area contributed by atoms with Gasteiger partial charge in [0.1, 0.15) is 17.2 Å². The number of nitrogen functional groups attached to an aromatic ring is 1. The van der Waals surface area contributed by atoms with Crippen LogP contribution in [0.3, 0.4) is 0 Å². The molecule has 0 heterocycles. The van der Waals surface area contributed by atoms with Gasteiger partial charge in [0.15, 0.2) is 5.75 Å². The van der Waals surface area contributed by atoms with E-state index >= 15 is 0 Å². The number of benzene rings is 3. The van der Waals surface area contributed by atoms with Crippen LogP contribution in [0.15, 0.2) is 66.7 Å². The average Bonchev–Trinajstić information content (AvgIpc) is 2.66. The van der Waals surface area contributed by atoms with Crippen molar-refractivity contribution in [1.29, 1.82) is 10.5 Å². The van der Waals surface area contributed by atoms with Crippen LogP contribution in [-0.4, -0.2) is 0 Å². The van der Waals surface area contributed by atoms with Gasteiger partial charge in [-0.1, -0.05) is 0 Å². The van der Waals surface area contributed by atoms with Gasteiger partial charge in [0.25, 0.3) is 0 Å². The first-order chi connectivity index (χ1) is 12.2. The molecule has 0 amide bonds. The molecule has 0 saturated heterocycles. The molecule has 26 heavy (non-hydrogen) atoms. The Morgan fingerprint density at radius 2 is 1.12 bits per heavy atom. The van der Waals surface area contributed by atoms with Crippen molar-refractivity contribution in [2.24, 2.45) is 0 Å². The summed E-state index contributed by atoms with van der Waals surface area (Å²) < 4.78 is 11.5. The first-order valence-electron chi connectivity index (χ1n) is 7.43. The molecule has 0 fully saturated rings. The molecule has 0 aliphatic heterocycles. The van der Waals surface area contributed by atoms with Crippen molar-refractivity contribution in [2.75, 3.05) is 5.73 Å². The standard InChI is InChI=1S/C20H13N3O2.Zn/c21-12-14-1-5-16(6-2-14)24-18-9-10-19(23)20(11-18)25-17-7-3-15(13-22)4-8-17;/h1-11H,23H2;. The second kappa shape index (κ2) is 8.67. The van der Waals surface area contributed by atoms with E-state index in [4.69, 9.17) is 25.7 Å². The molecule has 0 atom stereocenters. The third kappa shape index (κ3) is 4.60. The minimum absolute atomic E-state index is 0.